The Morgan fingerprint density at radius 2 is 1.81 bits per heavy atom. The normalized spacial score (nSPS) is 22.2. The first-order valence-corrected chi connectivity index (χ1v) is 15.8. The topological polar surface area (TPSA) is 41.1 Å². The Kier molecular flexibility index (Phi) is 8.99. The molecule has 1 fully saturated rings. The van der Waals surface area contributed by atoms with Crippen LogP contribution in [-0.2, 0) is 11.3 Å². The van der Waals surface area contributed by atoms with Crippen LogP contribution in [0, 0.1) is 5.92 Å². The van der Waals surface area contributed by atoms with Gasteiger partial charge in [-0.15, -0.1) is 0 Å². The van der Waals surface area contributed by atoms with Crippen molar-refractivity contribution in [1.29, 1.82) is 0 Å². The van der Waals surface area contributed by atoms with E-state index in [-0.39, 0.29) is 0 Å². The summed E-state index contributed by atoms with van der Waals surface area (Å²) >= 11 is 0. The first-order chi connectivity index (χ1) is 15.4. The average molecular weight is 458 g/mol. The van der Waals surface area contributed by atoms with Gasteiger partial charge in [0, 0.05) is 46.3 Å². The van der Waals surface area contributed by atoms with Crippen LogP contribution in [0.1, 0.15) is 78.2 Å². The molecule has 0 atom stereocenters. The summed E-state index contributed by atoms with van der Waals surface area (Å²) in [5, 5.41) is 2.78. The van der Waals surface area contributed by atoms with Gasteiger partial charge in [0.05, 0.1) is 6.61 Å². The van der Waals surface area contributed by atoms with Crippen molar-refractivity contribution in [3.8, 4) is 0 Å². The van der Waals surface area contributed by atoms with Crippen molar-refractivity contribution in [2.24, 2.45) is 5.92 Å². The van der Waals surface area contributed by atoms with Crippen LogP contribution in [0.25, 0.3) is 10.9 Å². The van der Waals surface area contributed by atoms with E-state index in [1.165, 1.54) is 84.9 Å². The van der Waals surface area contributed by atoms with E-state index < -0.39 is 8.07 Å². The third-order valence-corrected chi connectivity index (χ3v) is 14.4. The molecule has 0 unspecified atom stereocenters. The Morgan fingerprint density at radius 3 is 2.41 bits per heavy atom. The first kappa shape index (κ1) is 25.4. The Balaban J connectivity index is 1.68. The molecule has 4 nitrogen and oxygen atoms in total. The van der Waals surface area contributed by atoms with Crippen molar-refractivity contribution in [1.82, 2.24) is 14.9 Å². The molecule has 1 aliphatic carbocycles. The third-order valence-electron chi connectivity index (χ3n) is 8.85. The van der Waals surface area contributed by atoms with Crippen LogP contribution in [0.3, 0.4) is 0 Å². The molecular weight excluding hydrogens is 410 g/mol. The molecule has 0 radical (unpaired) electrons. The molecule has 3 rings (SSSR count). The number of fused-ring (bicyclic) bond motifs is 1. The predicted octanol–water partition coefficient (Wildman–Crippen LogP) is 6.48. The number of aromatic nitrogens is 2. The molecule has 0 aromatic carbocycles. The maximum Gasteiger partial charge on any atom is 0.107 e. The number of aromatic amines is 1. The molecule has 1 saturated carbocycles. The number of nitrogens with zero attached hydrogens (tertiary/aromatic N) is 2. The zero-order valence-corrected chi connectivity index (χ0v) is 22.6. The van der Waals surface area contributed by atoms with Crippen LogP contribution in [0.4, 0.5) is 0 Å². The monoisotopic (exact) mass is 457 g/mol. The molecule has 5 heteroatoms. The summed E-state index contributed by atoms with van der Waals surface area (Å²) in [6.07, 6.45) is 13.1. The van der Waals surface area contributed by atoms with E-state index in [1.54, 1.807) is 0 Å². The zero-order valence-electron chi connectivity index (χ0n) is 21.6. The van der Waals surface area contributed by atoms with Gasteiger partial charge < -0.3 is 14.6 Å². The van der Waals surface area contributed by atoms with Crippen LogP contribution < -0.4 is 5.32 Å². The van der Waals surface area contributed by atoms with Crippen LogP contribution in [0.5, 0.6) is 0 Å². The number of ether oxygens (including phenoxy) is 1. The van der Waals surface area contributed by atoms with Crippen molar-refractivity contribution in [3.05, 3.63) is 24.0 Å². The lowest BCUT2D eigenvalue weighted by Gasteiger charge is -2.45. The summed E-state index contributed by atoms with van der Waals surface area (Å²) in [5.74, 6) is 0.696. The van der Waals surface area contributed by atoms with Crippen LogP contribution >= 0.6 is 0 Å². The molecule has 0 saturated heterocycles. The fourth-order valence-electron chi connectivity index (χ4n) is 6.11. The van der Waals surface area contributed by atoms with Crippen LogP contribution in [0.15, 0.2) is 18.5 Å². The van der Waals surface area contributed by atoms with E-state index >= 15 is 0 Å². The molecule has 1 N–H and O–H groups in total. The van der Waals surface area contributed by atoms with Crippen LogP contribution in [0.2, 0.25) is 18.1 Å². The van der Waals surface area contributed by atoms with Crippen molar-refractivity contribution >= 4 is 24.3 Å². The average Bonchev–Trinajstić information content (AvgIpc) is 3.19. The van der Waals surface area contributed by atoms with Gasteiger partial charge >= 0.3 is 0 Å². The molecular formula is C27H47N3OSi. The van der Waals surface area contributed by atoms with Crippen molar-refractivity contribution in [3.63, 3.8) is 0 Å². The number of unbranched alkanes of at least 4 members (excludes halogenated alkanes) is 1. The molecule has 0 spiro atoms. The lowest BCUT2D eigenvalue weighted by molar-refractivity contribution is 0.0260. The highest BCUT2D eigenvalue weighted by Gasteiger charge is 2.37. The minimum absolute atomic E-state index is 0.413. The van der Waals surface area contributed by atoms with E-state index in [0.717, 1.165) is 13.2 Å². The van der Waals surface area contributed by atoms with Gasteiger partial charge in [0.2, 0.25) is 0 Å². The molecule has 180 valence electrons. The number of pyridine rings is 1. The summed E-state index contributed by atoms with van der Waals surface area (Å²) < 4.78 is 6.47. The number of nitrogens with one attached hydrogen (secondary N) is 1. The lowest BCUT2D eigenvalue weighted by Crippen LogP contribution is -2.48. The summed E-state index contributed by atoms with van der Waals surface area (Å²) in [7, 11) is 3.04. The smallest absolute Gasteiger partial charge is 0.107 e. The number of hydrogen-bond donors (Lipinski definition) is 1. The summed E-state index contributed by atoms with van der Waals surface area (Å²) in [5.41, 5.74) is 3.04. The fraction of sp³-hybridized carbons (Fsp3) is 0.741. The minimum atomic E-state index is -1.52. The van der Waals surface area contributed by atoms with E-state index in [9.17, 15) is 0 Å². The molecule has 2 aromatic rings. The second kappa shape index (κ2) is 11.3. The number of hydrogen-bond acceptors (Lipinski definition) is 3. The molecule has 2 heterocycles. The number of H-pyrrole nitrogens is 1. The summed E-state index contributed by atoms with van der Waals surface area (Å²) in [6, 6.07) is 5.96. The molecule has 0 aliphatic heterocycles. The standard InChI is InChI=1S/C27H47N3OSi/c1-7-11-15-27(30(5)6)16-12-22(13-17-27)20-31-21-24-23-19-28-18-14-25(23)29-26(24)32(8-2,9-3)10-4/h14,18-19,22,29H,7-13,15-17,20-21H2,1-6H3. The fourth-order valence-corrected chi connectivity index (χ4v) is 9.92. The molecule has 32 heavy (non-hydrogen) atoms. The highest BCUT2D eigenvalue weighted by Crippen LogP contribution is 2.39. The molecule has 0 amide bonds. The molecule has 1 aliphatic rings. The maximum absolute atomic E-state index is 6.47. The van der Waals surface area contributed by atoms with Gasteiger partial charge in [-0.05, 0) is 58.2 Å². The van der Waals surface area contributed by atoms with E-state index in [2.05, 4.69) is 62.7 Å². The molecule has 2 aromatic heterocycles. The van der Waals surface area contributed by atoms with Gasteiger partial charge in [0.15, 0.2) is 0 Å². The zero-order chi connectivity index (χ0) is 23.2. The Morgan fingerprint density at radius 1 is 1.12 bits per heavy atom. The highest BCUT2D eigenvalue weighted by atomic mass is 28.3. The van der Waals surface area contributed by atoms with E-state index in [0.29, 0.717) is 11.5 Å². The number of rotatable bonds is 12. The van der Waals surface area contributed by atoms with Gasteiger partial charge in [-0.1, -0.05) is 58.7 Å². The Labute approximate surface area is 197 Å². The highest BCUT2D eigenvalue weighted by molar-refractivity contribution is 6.91. The second-order valence-electron chi connectivity index (χ2n) is 10.4. The van der Waals surface area contributed by atoms with Gasteiger partial charge in [-0.3, -0.25) is 4.98 Å². The largest absolute Gasteiger partial charge is 0.376 e. The van der Waals surface area contributed by atoms with Crippen molar-refractivity contribution < 1.29 is 4.74 Å². The molecule has 0 bridgehead atoms. The van der Waals surface area contributed by atoms with E-state index in [4.69, 9.17) is 4.74 Å². The summed E-state index contributed by atoms with van der Waals surface area (Å²) in [4.78, 5) is 10.8. The van der Waals surface area contributed by atoms with Gasteiger partial charge in [0.25, 0.3) is 0 Å². The Bertz CT molecular complexity index is 826. The Hall–Kier alpha value is -1.17. The predicted molar refractivity (Wildman–Crippen MR) is 140 cm³/mol. The maximum atomic E-state index is 6.47. The third kappa shape index (κ3) is 5.15. The van der Waals surface area contributed by atoms with Crippen LogP contribution in [-0.4, -0.2) is 49.2 Å². The van der Waals surface area contributed by atoms with Crippen molar-refractivity contribution in [2.45, 2.75) is 103 Å². The van der Waals surface area contributed by atoms with E-state index in [1.807, 2.05) is 12.4 Å². The minimum Gasteiger partial charge on any atom is -0.376 e. The quantitative estimate of drug-likeness (QED) is 0.371. The second-order valence-corrected chi connectivity index (χ2v) is 15.6. The summed E-state index contributed by atoms with van der Waals surface area (Å²) in [6.45, 7) is 11.1. The van der Waals surface area contributed by atoms with Gasteiger partial charge in [-0.2, -0.15) is 0 Å². The lowest BCUT2D eigenvalue weighted by atomic mass is 9.73. The SMILES string of the molecule is CCCCC1(N(C)C)CCC(COCc2c([Si](CC)(CC)CC)[nH]c3ccncc23)CC1. The van der Waals surface area contributed by atoms with Crippen molar-refractivity contribution in [2.75, 3.05) is 20.7 Å². The van der Waals surface area contributed by atoms with Gasteiger partial charge in [-0.25, -0.2) is 0 Å². The van der Waals surface area contributed by atoms with Gasteiger partial charge in [0.1, 0.15) is 8.07 Å². The first-order valence-electron chi connectivity index (χ1n) is 13.2.